The highest BCUT2D eigenvalue weighted by Crippen LogP contribution is 2.46. The van der Waals surface area contributed by atoms with E-state index in [0.717, 1.165) is 0 Å². The summed E-state index contributed by atoms with van der Waals surface area (Å²) < 4.78 is 16.1. The summed E-state index contributed by atoms with van der Waals surface area (Å²) in [6.45, 7) is 1.37. The van der Waals surface area contributed by atoms with E-state index >= 15 is 0 Å². The number of methoxy groups -OCH3 is 3. The van der Waals surface area contributed by atoms with Crippen molar-refractivity contribution < 1.29 is 23.8 Å². The molecule has 0 spiro atoms. The molecule has 112 valence electrons. The first kappa shape index (κ1) is 15.1. The Kier molecular flexibility index (Phi) is 4.32. The molecule has 7 heteroatoms. The van der Waals surface area contributed by atoms with Crippen LogP contribution in [0.3, 0.4) is 0 Å². The van der Waals surface area contributed by atoms with E-state index in [1.54, 1.807) is 12.1 Å². The summed E-state index contributed by atoms with van der Waals surface area (Å²) in [6, 6.07) is 3.47. The van der Waals surface area contributed by atoms with Crippen LogP contribution < -0.4 is 14.8 Å². The quantitative estimate of drug-likeness (QED) is 0.879. The van der Waals surface area contributed by atoms with Crippen molar-refractivity contribution in [2.24, 2.45) is 0 Å². The van der Waals surface area contributed by atoms with Gasteiger partial charge in [-0.15, -0.1) is 11.3 Å². The summed E-state index contributed by atoms with van der Waals surface area (Å²) in [4.78, 5) is 23.7. The molecular weight excluding hydrogens is 294 g/mol. The number of esters is 1. The number of thiophene rings is 1. The van der Waals surface area contributed by atoms with Gasteiger partial charge >= 0.3 is 5.97 Å². The average Bonchev–Trinajstić information content (AvgIpc) is 2.84. The molecular formula is C14H15NO5S. The van der Waals surface area contributed by atoms with Crippen molar-refractivity contribution >= 4 is 39.0 Å². The predicted octanol–water partition coefficient (Wildman–Crippen LogP) is 2.66. The second-order valence-corrected chi connectivity index (χ2v) is 5.17. The van der Waals surface area contributed by atoms with Crippen LogP contribution in [0.5, 0.6) is 11.5 Å². The summed E-state index contributed by atoms with van der Waals surface area (Å²) in [6.07, 6.45) is 0. The zero-order chi connectivity index (χ0) is 15.6. The summed E-state index contributed by atoms with van der Waals surface area (Å²) in [5, 5.41) is 3.30. The number of amides is 1. The zero-order valence-electron chi connectivity index (χ0n) is 12.1. The standard InChI is InChI=1S/C14H15NO5S/c1-7(16)15-11-10-8(18-2)5-6-9(19-3)12(10)21-13(11)14(17)20-4/h5-6H,1-4H3,(H,15,16). The predicted molar refractivity (Wildman–Crippen MR) is 80.6 cm³/mol. The highest BCUT2D eigenvalue weighted by Gasteiger charge is 2.24. The van der Waals surface area contributed by atoms with Gasteiger partial charge in [0.2, 0.25) is 5.91 Å². The van der Waals surface area contributed by atoms with Crippen LogP contribution >= 0.6 is 11.3 Å². The molecule has 6 nitrogen and oxygen atoms in total. The number of ether oxygens (including phenoxy) is 3. The lowest BCUT2D eigenvalue weighted by Gasteiger charge is -2.08. The number of fused-ring (bicyclic) bond motifs is 1. The molecule has 2 rings (SSSR count). The van der Waals surface area contributed by atoms with E-state index in [0.29, 0.717) is 32.1 Å². The Morgan fingerprint density at radius 2 is 1.71 bits per heavy atom. The van der Waals surface area contributed by atoms with E-state index in [1.165, 1.54) is 39.6 Å². The van der Waals surface area contributed by atoms with E-state index in [2.05, 4.69) is 5.32 Å². The molecule has 1 N–H and O–H groups in total. The molecule has 1 aromatic heterocycles. The van der Waals surface area contributed by atoms with Crippen LogP contribution in [-0.2, 0) is 9.53 Å². The lowest BCUT2D eigenvalue weighted by molar-refractivity contribution is -0.114. The fourth-order valence-corrected chi connectivity index (χ4v) is 3.20. The maximum absolute atomic E-state index is 11.9. The largest absolute Gasteiger partial charge is 0.496 e. The maximum Gasteiger partial charge on any atom is 0.350 e. The maximum atomic E-state index is 11.9. The number of rotatable bonds is 4. The Morgan fingerprint density at radius 3 is 2.24 bits per heavy atom. The van der Waals surface area contributed by atoms with Gasteiger partial charge in [-0.3, -0.25) is 4.79 Å². The fourth-order valence-electron chi connectivity index (χ4n) is 2.01. The van der Waals surface area contributed by atoms with Gasteiger partial charge in [0.25, 0.3) is 0 Å². The van der Waals surface area contributed by atoms with Gasteiger partial charge in [0.1, 0.15) is 16.4 Å². The third-order valence-corrected chi connectivity index (χ3v) is 4.06. The van der Waals surface area contributed by atoms with E-state index in [1.807, 2.05) is 0 Å². The molecule has 0 bridgehead atoms. The minimum Gasteiger partial charge on any atom is -0.496 e. The Labute approximate surface area is 125 Å². The van der Waals surface area contributed by atoms with Crippen molar-refractivity contribution in [3.8, 4) is 11.5 Å². The Hall–Kier alpha value is -2.28. The van der Waals surface area contributed by atoms with Crippen molar-refractivity contribution in [1.82, 2.24) is 0 Å². The molecule has 0 saturated heterocycles. The molecule has 2 aromatic rings. The highest BCUT2D eigenvalue weighted by molar-refractivity contribution is 7.22. The first-order chi connectivity index (χ1) is 10.0. The molecule has 1 aromatic carbocycles. The van der Waals surface area contributed by atoms with Gasteiger partial charge in [-0.25, -0.2) is 4.79 Å². The normalized spacial score (nSPS) is 10.3. The average molecular weight is 309 g/mol. The zero-order valence-corrected chi connectivity index (χ0v) is 12.9. The van der Waals surface area contributed by atoms with E-state index < -0.39 is 5.97 Å². The third kappa shape index (κ3) is 2.64. The van der Waals surface area contributed by atoms with Crippen molar-refractivity contribution in [3.05, 3.63) is 17.0 Å². The molecule has 0 unspecified atom stereocenters. The molecule has 21 heavy (non-hydrogen) atoms. The number of hydrogen-bond donors (Lipinski definition) is 1. The molecule has 0 radical (unpaired) electrons. The number of nitrogens with one attached hydrogen (secondary N) is 1. The minimum absolute atomic E-state index is 0.287. The van der Waals surface area contributed by atoms with Crippen molar-refractivity contribution in [2.45, 2.75) is 6.92 Å². The molecule has 0 aliphatic rings. The summed E-state index contributed by atoms with van der Waals surface area (Å²) in [5.41, 5.74) is 0.380. The van der Waals surface area contributed by atoms with Crippen LogP contribution in [-0.4, -0.2) is 33.2 Å². The Balaban J connectivity index is 2.84. The second kappa shape index (κ2) is 6.01. The van der Waals surface area contributed by atoms with Gasteiger partial charge in [0, 0.05) is 6.92 Å². The van der Waals surface area contributed by atoms with Crippen LogP contribution in [0.2, 0.25) is 0 Å². The smallest absolute Gasteiger partial charge is 0.350 e. The minimum atomic E-state index is -0.524. The second-order valence-electron chi connectivity index (χ2n) is 4.15. The van der Waals surface area contributed by atoms with Crippen LogP contribution in [0.1, 0.15) is 16.6 Å². The first-order valence-electron chi connectivity index (χ1n) is 6.06. The number of carbonyl (C=O) groups is 2. The van der Waals surface area contributed by atoms with Gasteiger partial charge in [-0.05, 0) is 12.1 Å². The summed E-state index contributed by atoms with van der Waals surface area (Å²) >= 11 is 1.19. The molecule has 0 atom stereocenters. The lowest BCUT2D eigenvalue weighted by Crippen LogP contribution is -2.10. The number of benzene rings is 1. The Bertz CT molecular complexity index is 707. The molecule has 0 aliphatic carbocycles. The summed E-state index contributed by atoms with van der Waals surface area (Å²) in [7, 11) is 4.35. The molecule has 0 aliphatic heterocycles. The molecule has 0 fully saturated rings. The fraction of sp³-hybridized carbons (Fsp3) is 0.286. The van der Waals surface area contributed by atoms with Crippen molar-refractivity contribution in [3.63, 3.8) is 0 Å². The lowest BCUT2D eigenvalue weighted by atomic mass is 10.2. The highest BCUT2D eigenvalue weighted by atomic mass is 32.1. The van der Waals surface area contributed by atoms with Gasteiger partial charge in [0.15, 0.2) is 0 Å². The summed E-state index contributed by atoms with van der Waals surface area (Å²) in [5.74, 6) is 0.326. The van der Waals surface area contributed by atoms with Crippen molar-refractivity contribution in [1.29, 1.82) is 0 Å². The van der Waals surface area contributed by atoms with Crippen LogP contribution in [0.15, 0.2) is 12.1 Å². The van der Waals surface area contributed by atoms with Crippen LogP contribution in [0.4, 0.5) is 5.69 Å². The van der Waals surface area contributed by atoms with Gasteiger partial charge in [-0.2, -0.15) is 0 Å². The molecule has 1 heterocycles. The number of anilines is 1. The van der Waals surface area contributed by atoms with Gasteiger partial charge in [-0.1, -0.05) is 0 Å². The Morgan fingerprint density at radius 1 is 1.10 bits per heavy atom. The SMILES string of the molecule is COC(=O)c1sc2c(OC)ccc(OC)c2c1NC(C)=O. The molecule has 1 amide bonds. The van der Waals surface area contributed by atoms with E-state index in [4.69, 9.17) is 14.2 Å². The van der Waals surface area contributed by atoms with E-state index in [9.17, 15) is 9.59 Å². The molecule has 0 saturated carbocycles. The topological polar surface area (TPSA) is 73.9 Å². The third-order valence-electron chi connectivity index (χ3n) is 2.88. The van der Waals surface area contributed by atoms with Crippen LogP contribution in [0, 0.1) is 0 Å². The monoisotopic (exact) mass is 309 g/mol. The first-order valence-corrected chi connectivity index (χ1v) is 6.88. The van der Waals surface area contributed by atoms with E-state index in [-0.39, 0.29) is 5.91 Å². The van der Waals surface area contributed by atoms with Gasteiger partial charge < -0.3 is 19.5 Å². The number of hydrogen-bond acceptors (Lipinski definition) is 6. The van der Waals surface area contributed by atoms with Crippen molar-refractivity contribution in [2.75, 3.05) is 26.6 Å². The number of carbonyl (C=O) groups excluding carboxylic acids is 2. The van der Waals surface area contributed by atoms with Gasteiger partial charge in [0.05, 0.1) is 37.1 Å². The van der Waals surface area contributed by atoms with Crippen LogP contribution in [0.25, 0.3) is 10.1 Å².